The molecule has 234 valence electrons. The lowest BCUT2D eigenvalue weighted by atomic mass is 10.1. The smallest absolute Gasteiger partial charge is 0.410 e. The zero-order valence-corrected chi connectivity index (χ0v) is 26.2. The third-order valence-corrected chi connectivity index (χ3v) is 6.66. The number of amides is 2. The Morgan fingerprint density at radius 2 is 1.42 bits per heavy atom. The normalized spacial score (nSPS) is 13.2. The molecule has 0 atom stereocenters. The SMILES string of the molecule is CC(C)(C)OC(=O)N1CCN(Cc2ccc(Nc3ncccc3NC(=O)c3ccccn3)cc2)CC1.O=C(Cl)c1ccccn1. The molecule has 3 aromatic heterocycles. The van der Waals surface area contributed by atoms with Crippen LogP contribution in [0.2, 0.25) is 0 Å². The predicted molar refractivity (Wildman–Crippen MR) is 174 cm³/mol. The minimum Gasteiger partial charge on any atom is -0.444 e. The number of hydrogen-bond donors (Lipinski definition) is 2. The van der Waals surface area contributed by atoms with Gasteiger partial charge in [0.05, 0.1) is 5.69 Å². The van der Waals surface area contributed by atoms with E-state index in [1.165, 1.54) is 11.8 Å². The molecule has 2 N–H and O–H groups in total. The van der Waals surface area contributed by atoms with Crippen molar-refractivity contribution >= 4 is 46.0 Å². The van der Waals surface area contributed by atoms with Crippen LogP contribution in [-0.4, -0.2) is 73.8 Å². The first kappa shape index (κ1) is 33.0. The molecule has 5 rings (SSSR count). The van der Waals surface area contributed by atoms with Crippen LogP contribution in [-0.2, 0) is 11.3 Å². The Morgan fingerprint density at radius 3 is 1.98 bits per heavy atom. The summed E-state index contributed by atoms with van der Waals surface area (Å²) in [6, 6.07) is 21.9. The van der Waals surface area contributed by atoms with Crippen LogP contribution in [0.15, 0.2) is 91.4 Å². The fraction of sp³-hybridized carbons (Fsp3) is 0.273. The summed E-state index contributed by atoms with van der Waals surface area (Å²) in [6.45, 7) is 9.35. The van der Waals surface area contributed by atoms with Crippen LogP contribution in [0.3, 0.4) is 0 Å². The highest BCUT2D eigenvalue weighted by atomic mass is 35.5. The van der Waals surface area contributed by atoms with Crippen LogP contribution in [0, 0.1) is 0 Å². The number of rotatable bonds is 7. The third-order valence-electron chi connectivity index (χ3n) is 6.47. The minimum absolute atomic E-state index is 0.248. The molecule has 0 aliphatic carbocycles. The van der Waals surface area contributed by atoms with E-state index in [0.29, 0.717) is 36.0 Å². The van der Waals surface area contributed by atoms with Crippen molar-refractivity contribution in [2.45, 2.75) is 32.9 Å². The van der Waals surface area contributed by atoms with E-state index in [1.807, 2.05) is 32.9 Å². The van der Waals surface area contributed by atoms with E-state index in [4.69, 9.17) is 16.3 Å². The number of aromatic nitrogens is 3. The number of hydrogen-bond acceptors (Lipinski definition) is 9. The van der Waals surface area contributed by atoms with Gasteiger partial charge in [-0.1, -0.05) is 24.3 Å². The molecule has 1 aliphatic rings. The summed E-state index contributed by atoms with van der Waals surface area (Å²) >= 11 is 5.10. The van der Waals surface area contributed by atoms with E-state index in [2.05, 4.69) is 42.6 Å². The molecule has 0 unspecified atom stereocenters. The van der Waals surface area contributed by atoms with Crippen LogP contribution < -0.4 is 10.6 Å². The number of nitrogens with zero attached hydrogens (tertiary/aromatic N) is 5. The number of carbonyl (C=O) groups is 3. The van der Waals surface area contributed by atoms with Gasteiger partial charge in [0.25, 0.3) is 11.1 Å². The van der Waals surface area contributed by atoms with Gasteiger partial charge in [-0.3, -0.25) is 24.5 Å². The van der Waals surface area contributed by atoms with Crippen molar-refractivity contribution in [2.75, 3.05) is 36.8 Å². The van der Waals surface area contributed by atoms with Crippen molar-refractivity contribution in [1.82, 2.24) is 24.8 Å². The van der Waals surface area contributed by atoms with Crippen molar-refractivity contribution < 1.29 is 19.1 Å². The molecule has 0 saturated carbocycles. The number of anilines is 3. The highest BCUT2D eigenvalue weighted by Gasteiger charge is 2.25. The molecular formula is C33H36ClN7O4. The van der Waals surface area contributed by atoms with E-state index < -0.39 is 10.8 Å². The predicted octanol–water partition coefficient (Wildman–Crippen LogP) is 5.99. The van der Waals surface area contributed by atoms with E-state index in [1.54, 1.807) is 65.8 Å². The molecule has 2 amide bonds. The first-order valence-corrected chi connectivity index (χ1v) is 14.8. The summed E-state index contributed by atoms with van der Waals surface area (Å²) in [5.74, 6) is 0.251. The maximum atomic E-state index is 12.5. The van der Waals surface area contributed by atoms with E-state index >= 15 is 0 Å². The summed E-state index contributed by atoms with van der Waals surface area (Å²) in [7, 11) is 0. The number of halogens is 1. The van der Waals surface area contributed by atoms with Crippen molar-refractivity contribution in [1.29, 1.82) is 0 Å². The molecule has 4 heterocycles. The minimum atomic E-state index is -0.518. The Balaban J connectivity index is 0.000000440. The number of ether oxygens (including phenoxy) is 1. The fourth-order valence-electron chi connectivity index (χ4n) is 4.27. The lowest BCUT2D eigenvalue weighted by molar-refractivity contribution is 0.0139. The Morgan fingerprint density at radius 1 is 0.800 bits per heavy atom. The average molecular weight is 630 g/mol. The fourth-order valence-corrected chi connectivity index (χ4v) is 4.38. The third kappa shape index (κ3) is 10.7. The van der Waals surface area contributed by atoms with E-state index in [0.717, 1.165) is 25.3 Å². The molecule has 1 aromatic carbocycles. The van der Waals surface area contributed by atoms with E-state index in [-0.39, 0.29) is 12.0 Å². The van der Waals surface area contributed by atoms with Crippen molar-refractivity contribution in [2.24, 2.45) is 0 Å². The van der Waals surface area contributed by atoms with Crippen molar-refractivity contribution in [3.8, 4) is 0 Å². The first-order chi connectivity index (χ1) is 21.6. The van der Waals surface area contributed by atoms with Gasteiger partial charge in [-0.05, 0) is 86.5 Å². The monoisotopic (exact) mass is 629 g/mol. The molecule has 0 radical (unpaired) electrons. The topological polar surface area (TPSA) is 130 Å². The Hall–Kier alpha value is -4.87. The van der Waals surface area contributed by atoms with Crippen molar-refractivity contribution in [3.63, 3.8) is 0 Å². The Bertz CT molecular complexity index is 1560. The molecular weight excluding hydrogens is 594 g/mol. The van der Waals surface area contributed by atoms with Crippen LogP contribution in [0.1, 0.15) is 47.3 Å². The van der Waals surface area contributed by atoms with Gasteiger partial charge in [-0.25, -0.2) is 9.78 Å². The van der Waals surface area contributed by atoms with Gasteiger partial charge in [0.1, 0.15) is 17.0 Å². The lowest BCUT2D eigenvalue weighted by Crippen LogP contribution is -2.49. The Labute approximate surface area is 267 Å². The van der Waals surface area contributed by atoms with Crippen LogP contribution in [0.4, 0.5) is 22.0 Å². The number of piperazine rings is 1. The molecule has 4 aromatic rings. The van der Waals surface area contributed by atoms with Gasteiger partial charge < -0.3 is 20.3 Å². The first-order valence-electron chi connectivity index (χ1n) is 14.4. The van der Waals surface area contributed by atoms with Gasteiger partial charge in [-0.15, -0.1) is 0 Å². The number of carbonyl (C=O) groups excluding carboxylic acids is 3. The second-order valence-electron chi connectivity index (χ2n) is 11.1. The van der Waals surface area contributed by atoms with Crippen LogP contribution >= 0.6 is 11.6 Å². The molecule has 1 aliphatic heterocycles. The van der Waals surface area contributed by atoms with Gasteiger partial charge in [-0.2, -0.15) is 0 Å². The molecule has 45 heavy (non-hydrogen) atoms. The van der Waals surface area contributed by atoms with Gasteiger partial charge >= 0.3 is 6.09 Å². The second kappa shape index (κ2) is 15.7. The van der Waals surface area contributed by atoms with Crippen LogP contribution in [0.25, 0.3) is 0 Å². The summed E-state index contributed by atoms with van der Waals surface area (Å²) < 4.78 is 5.47. The lowest BCUT2D eigenvalue weighted by Gasteiger charge is -2.35. The maximum Gasteiger partial charge on any atom is 0.410 e. The highest BCUT2D eigenvalue weighted by Crippen LogP contribution is 2.24. The zero-order chi connectivity index (χ0) is 32.2. The number of pyridine rings is 3. The largest absolute Gasteiger partial charge is 0.444 e. The Kier molecular flexibility index (Phi) is 11.5. The van der Waals surface area contributed by atoms with E-state index in [9.17, 15) is 14.4 Å². The molecule has 0 spiro atoms. The van der Waals surface area contributed by atoms with Gasteiger partial charge in [0.2, 0.25) is 0 Å². The van der Waals surface area contributed by atoms with Gasteiger partial charge in [0, 0.05) is 57.0 Å². The molecule has 12 heteroatoms. The molecule has 0 bridgehead atoms. The molecule has 11 nitrogen and oxygen atoms in total. The van der Waals surface area contributed by atoms with Gasteiger partial charge in [0.15, 0.2) is 5.82 Å². The average Bonchev–Trinajstić information content (AvgIpc) is 3.03. The number of benzene rings is 1. The summed E-state index contributed by atoms with van der Waals surface area (Å²) in [6.07, 6.45) is 4.53. The zero-order valence-electron chi connectivity index (χ0n) is 25.4. The number of nitrogens with one attached hydrogen (secondary N) is 2. The molecule has 1 fully saturated rings. The second-order valence-corrected chi connectivity index (χ2v) is 11.5. The summed E-state index contributed by atoms with van der Waals surface area (Å²) in [5, 5.41) is 5.63. The standard InChI is InChI=1S/C27H32N6O3.C6H4ClNO/c1-27(2,3)36-26(35)33-17-15-32(16-18-33)19-20-9-11-21(12-10-20)30-24-22(8-6-14-29-24)31-25(34)23-7-4-5-13-28-23;7-6(9)5-3-1-2-4-8-5/h4-14H,15-19H2,1-3H3,(H,29,30)(H,31,34);1-4H. The quantitative estimate of drug-likeness (QED) is 0.237. The summed E-state index contributed by atoms with van der Waals surface area (Å²) in [5.41, 5.74) is 2.75. The van der Waals surface area contributed by atoms with Crippen molar-refractivity contribution in [3.05, 3.63) is 108 Å². The highest BCUT2D eigenvalue weighted by molar-refractivity contribution is 6.67. The maximum absolute atomic E-state index is 12.5. The summed E-state index contributed by atoms with van der Waals surface area (Å²) in [4.78, 5) is 51.4. The molecule has 1 saturated heterocycles. The van der Waals surface area contributed by atoms with Crippen LogP contribution in [0.5, 0.6) is 0 Å².